The molecule has 2 nitrogen and oxygen atoms in total. The van der Waals surface area contributed by atoms with Gasteiger partial charge in [-0.15, -0.1) is 0 Å². The van der Waals surface area contributed by atoms with E-state index >= 15 is 0 Å². The highest BCUT2D eigenvalue weighted by molar-refractivity contribution is 6.48. The van der Waals surface area contributed by atoms with Gasteiger partial charge in [0.1, 0.15) is 0 Å². The summed E-state index contributed by atoms with van der Waals surface area (Å²) >= 11 is 0. The summed E-state index contributed by atoms with van der Waals surface area (Å²) in [7, 11) is -1.65. The molecule has 0 saturated heterocycles. The van der Waals surface area contributed by atoms with Crippen LogP contribution < -0.4 is 0 Å². The van der Waals surface area contributed by atoms with Crippen LogP contribution in [0.2, 0.25) is 5.04 Å². The maximum Gasteiger partial charge on any atom is 0.328 e. The van der Waals surface area contributed by atoms with E-state index in [0.717, 1.165) is 32.5 Å². The van der Waals surface area contributed by atoms with E-state index in [1.807, 2.05) is 0 Å². The van der Waals surface area contributed by atoms with Crippen LogP contribution in [0.3, 0.4) is 0 Å². The number of hydrogen-bond acceptors (Lipinski definition) is 2. The van der Waals surface area contributed by atoms with E-state index in [-0.39, 0.29) is 5.04 Å². The Labute approximate surface area is 115 Å². The molecule has 0 rings (SSSR count). The smallest absolute Gasteiger partial charge is 0.328 e. The Bertz CT molecular complexity index is 229. The standard InChI is InChI=1S/C15H30O2Si/c1-6-11-13-15(8-3,14-12-7-2)18(16-9-4)17-10-5/h6-7,11-12,18H,8-10,13-14H2,1-5H3/b11-6+,12-7+. The Morgan fingerprint density at radius 3 is 1.61 bits per heavy atom. The van der Waals surface area contributed by atoms with Crippen LogP contribution in [0.25, 0.3) is 0 Å². The molecule has 0 radical (unpaired) electrons. The second kappa shape index (κ2) is 10.5. The Balaban J connectivity index is 5.05. The maximum atomic E-state index is 5.98. The van der Waals surface area contributed by atoms with E-state index in [1.54, 1.807) is 0 Å². The molecule has 0 aliphatic rings. The van der Waals surface area contributed by atoms with E-state index < -0.39 is 9.28 Å². The van der Waals surface area contributed by atoms with Crippen LogP contribution in [0.1, 0.15) is 53.9 Å². The fourth-order valence-corrected chi connectivity index (χ4v) is 4.54. The van der Waals surface area contributed by atoms with Crippen LogP contribution in [-0.2, 0) is 8.85 Å². The van der Waals surface area contributed by atoms with Crippen LogP contribution in [0.5, 0.6) is 0 Å². The van der Waals surface area contributed by atoms with Crippen molar-refractivity contribution in [3.8, 4) is 0 Å². The zero-order valence-electron chi connectivity index (χ0n) is 12.7. The molecule has 0 aromatic carbocycles. The minimum atomic E-state index is -1.65. The second-order valence-electron chi connectivity index (χ2n) is 4.50. The number of rotatable bonds is 10. The van der Waals surface area contributed by atoms with Crippen molar-refractivity contribution in [3.05, 3.63) is 24.3 Å². The van der Waals surface area contributed by atoms with Crippen molar-refractivity contribution >= 4 is 9.28 Å². The monoisotopic (exact) mass is 270 g/mol. The highest BCUT2D eigenvalue weighted by Crippen LogP contribution is 2.43. The van der Waals surface area contributed by atoms with Gasteiger partial charge in [0.25, 0.3) is 0 Å². The number of allylic oxidation sites excluding steroid dienone is 4. The van der Waals surface area contributed by atoms with Crippen LogP contribution in [-0.4, -0.2) is 22.5 Å². The first-order valence-corrected chi connectivity index (χ1v) is 8.68. The van der Waals surface area contributed by atoms with Gasteiger partial charge in [-0.2, -0.15) is 0 Å². The third-order valence-corrected chi connectivity index (χ3v) is 6.51. The highest BCUT2D eigenvalue weighted by Gasteiger charge is 2.39. The van der Waals surface area contributed by atoms with E-state index in [0.29, 0.717) is 0 Å². The predicted octanol–water partition coefficient (Wildman–Crippen LogP) is 4.36. The van der Waals surface area contributed by atoms with Crippen molar-refractivity contribution in [1.82, 2.24) is 0 Å². The van der Waals surface area contributed by atoms with Gasteiger partial charge >= 0.3 is 9.28 Å². The first-order chi connectivity index (χ1) is 8.70. The lowest BCUT2D eigenvalue weighted by atomic mass is 9.96. The van der Waals surface area contributed by atoms with Gasteiger partial charge in [-0.05, 0) is 47.0 Å². The van der Waals surface area contributed by atoms with Gasteiger partial charge in [0.15, 0.2) is 0 Å². The topological polar surface area (TPSA) is 18.5 Å². The molecule has 0 amide bonds. The molecule has 0 fully saturated rings. The summed E-state index contributed by atoms with van der Waals surface area (Å²) in [5, 5.41) is 0.186. The van der Waals surface area contributed by atoms with Crippen molar-refractivity contribution in [2.75, 3.05) is 13.2 Å². The molecule has 0 spiro atoms. The average Bonchev–Trinajstić information content (AvgIpc) is 2.40. The molecular formula is C15H30O2Si. The first kappa shape index (κ1) is 17.6. The normalized spacial score (nSPS) is 13.2. The van der Waals surface area contributed by atoms with Gasteiger partial charge in [0.05, 0.1) is 0 Å². The third kappa shape index (κ3) is 5.51. The van der Waals surface area contributed by atoms with Crippen LogP contribution in [0, 0.1) is 0 Å². The summed E-state index contributed by atoms with van der Waals surface area (Å²) in [5.41, 5.74) is 0. The van der Waals surface area contributed by atoms with E-state index in [1.165, 1.54) is 0 Å². The van der Waals surface area contributed by atoms with Crippen molar-refractivity contribution < 1.29 is 8.85 Å². The van der Waals surface area contributed by atoms with Gasteiger partial charge in [0, 0.05) is 18.3 Å². The van der Waals surface area contributed by atoms with Gasteiger partial charge in [-0.3, -0.25) is 0 Å². The van der Waals surface area contributed by atoms with Crippen molar-refractivity contribution in [3.63, 3.8) is 0 Å². The SMILES string of the molecule is C/C=C/CC(CC)(C/C=C/C)[SiH](OCC)OCC. The van der Waals surface area contributed by atoms with E-state index in [4.69, 9.17) is 8.85 Å². The third-order valence-electron chi connectivity index (χ3n) is 3.36. The van der Waals surface area contributed by atoms with Crippen molar-refractivity contribution in [2.45, 2.75) is 58.9 Å². The van der Waals surface area contributed by atoms with Gasteiger partial charge < -0.3 is 8.85 Å². The fraction of sp³-hybridized carbons (Fsp3) is 0.733. The molecule has 0 atom stereocenters. The quantitative estimate of drug-likeness (QED) is 0.434. The minimum absolute atomic E-state index is 0.186. The van der Waals surface area contributed by atoms with E-state index in [9.17, 15) is 0 Å². The summed E-state index contributed by atoms with van der Waals surface area (Å²) in [6.45, 7) is 12.0. The molecule has 0 aliphatic carbocycles. The lowest BCUT2D eigenvalue weighted by Crippen LogP contribution is -2.38. The molecular weight excluding hydrogens is 240 g/mol. The van der Waals surface area contributed by atoms with Gasteiger partial charge in [0.2, 0.25) is 0 Å². The highest BCUT2D eigenvalue weighted by atomic mass is 28.3. The molecule has 18 heavy (non-hydrogen) atoms. The molecule has 0 bridgehead atoms. The lowest BCUT2D eigenvalue weighted by Gasteiger charge is -2.36. The Hall–Kier alpha value is -0.383. The Morgan fingerprint density at radius 1 is 0.889 bits per heavy atom. The molecule has 0 aromatic rings. The number of hydrogen-bond donors (Lipinski definition) is 0. The largest absolute Gasteiger partial charge is 0.396 e. The first-order valence-electron chi connectivity index (χ1n) is 7.16. The lowest BCUT2D eigenvalue weighted by molar-refractivity contribution is 0.181. The molecule has 0 heterocycles. The van der Waals surface area contributed by atoms with Crippen LogP contribution in [0.4, 0.5) is 0 Å². The predicted molar refractivity (Wildman–Crippen MR) is 82.2 cm³/mol. The van der Waals surface area contributed by atoms with E-state index in [2.05, 4.69) is 58.9 Å². The molecule has 0 aliphatic heterocycles. The fourth-order valence-electron chi connectivity index (χ4n) is 2.14. The van der Waals surface area contributed by atoms with Crippen molar-refractivity contribution in [2.24, 2.45) is 0 Å². The molecule has 3 heteroatoms. The molecule has 106 valence electrons. The van der Waals surface area contributed by atoms with Gasteiger partial charge in [-0.1, -0.05) is 31.2 Å². The van der Waals surface area contributed by atoms with Crippen molar-refractivity contribution in [1.29, 1.82) is 0 Å². The summed E-state index contributed by atoms with van der Waals surface area (Å²) in [6.07, 6.45) is 12.0. The Kier molecular flexibility index (Phi) is 10.3. The maximum absolute atomic E-state index is 5.98. The van der Waals surface area contributed by atoms with Crippen LogP contribution >= 0.6 is 0 Å². The summed E-state index contributed by atoms with van der Waals surface area (Å²) < 4.78 is 12.0. The van der Waals surface area contributed by atoms with Crippen LogP contribution in [0.15, 0.2) is 24.3 Å². The summed E-state index contributed by atoms with van der Waals surface area (Å²) in [6, 6.07) is 0. The molecule has 0 unspecified atom stereocenters. The second-order valence-corrected chi connectivity index (χ2v) is 7.06. The minimum Gasteiger partial charge on any atom is -0.396 e. The zero-order chi connectivity index (χ0) is 13.9. The average molecular weight is 270 g/mol. The summed E-state index contributed by atoms with van der Waals surface area (Å²) in [4.78, 5) is 0. The summed E-state index contributed by atoms with van der Waals surface area (Å²) in [5.74, 6) is 0. The molecule has 0 N–H and O–H groups in total. The van der Waals surface area contributed by atoms with Gasteiger partial charge in [-0.25, -0.2) is 0 Å². The molecule has 0 aromatic heterocycles. The molecule has 0 saturated carbocycles. The zero-order valence-corrected chi connectivity index (χ0v) is 13.9. The Morgan fingerprint density at radius 2 is 1.33 bits per heavy atom.